The Bertz CT molecular complexity index is 860. The molecule has 7 N–H and O–H groups in total. The fraction of sp³-hybridized carbons (Fsp3) is 0.455. The van der Waals surface area contributed by atoms with Gasteiger partial charge in [0.2, 0.25) is 5.95 Å². The number of aliphatic hydroxyl groups excluding tert-OH is 2. The Morgan fingerprint density at radius 1 is 1.23 bits per heavy atom. The average molecular weight is 310 g/mol. The molecule has 0 aliphatic carbocycles. The predicted molar refractivity (Wildman–Crippen MR) is 74.8 cm³/mol. The van der Waals surface area contributed by atoms with E-state index in [4.69, 9.17) is 16.2 Å². The molecule has 0 aromatic carbocycles. The summed E-state index contributed by atoms with van der Waals surface area (Å²) in [6.45, 7) is 1.53. The monoisotopic (exact) mass is 310 g/mol. The lowest BCUT2D eigenvalue weighted by Crippen LogP contribution is -2.37. The van der Waals surface area contributed by atoms with Crippen molar-refractivity contribution in [1.82, 2.24) is 19.5 Å². The second-order valence-corrected chi connectivity index (χ2v) is 5.01. The molecule has 2 aromatic heterocycles. The molecule has 3 heterocycles. The zero-order chi connectivity index (χ0) is 16.2. The smallest absolute Gasteiger partial charge is 0.353 e. The van der Waals surface area contributed by atoms with E-state index in [1.807, 2.05) is 0 Å². The van der Waals surface area contributed by atoms with Crippen LogP contribution in [0.4, 0.5) is 11.8 Å². The third kappa shape index (κ3) is 1.94. The number of nitrogens with zero attached hydrogens (tertiary/aromatic N) is 3. The van der Waals surface area contributed by atoms with Crippen LogP contribution in [0.25, 0.3) is 11.0 Å². The van der Waals surface area contributed by atoms with Crippen LogP contribution in [0.5, 0.6) is 0 Å². The van der Waals surface area contributed by atoms with Gasteiger partial charge in [-0.15, -0.1) is 0 Å². The fourth-order valence-corrected chi connectivity index (χ4v) is 2.46. The minimum Gasteiger partial charge on any atom is -0.388 e. The molecule has 1 saturated heterocycles. The molecular weight excluding hydrogens is 296 g/mol. The summed E-state index contributed by atoms with van der Waals surface area (Å²) >= 11 is 0. The molecule has 4 atom stereocenters. The van der Waals surface area contributed by atoms with E-state index >= 15 is 0 Å². The van der Waals surface area contributed by atoms with E-state index in [9.17, 15) is 19.8 Å². The summed E-state index contributed by atoms with van der Waals surface area (Å²) in [6, 6.07) is 0. The summed E-state index contributed by atoms with van der Waals surface area (Å²) in [5, 5.41) is 19.7. The number of aliphatic hydroxyl groups is 2. The van der Waals surface area contributed by atoms with Crippen LogP contribution in [0, 0.1) is 0 Å². The summed E-state index contributed by atoms with van der Waals surface area (Å²) in [5.74, 6) is -0.552. The van der Waals surface area contributed by atoms with Gasteiger partial charge in [-0.1, -0.05) is 0 Å². The molecule has 0 unspecified atom stereocenters. The number of ether oxygens (including phenoxy) is 1. The summed E-state index contributed by atoms with van der Waals surface area (Å²) in [6.07, 6.45) is -4.59. The summed E-state index contributed by atoms with van der Waals surface area (Å²) < 4.78 is 6.23. The second-order valence-electron chi connectivity index (χ2n) is 5.01. The molecule has 118 valence electrons. The Kier molecular flexibility index (Phi) is 3.12. The third-order valence-electron chi connectivity index (χ3n) is 3.56. The first kappa shape index (κ1) is 14.4. The quantitative estimate of drug-likeness (QED) is 0.373. The molecule has 11 heteroatoms. The van der Waals surface area contributed by atoms with Gasteiger partial charge in [-0.3, -0.25) is 9.78 Å². The summed E-state index contributed by atoms with van der Waals surface area (Å²) in [7, 11) is 0. The molecule has 1 aliphatic heterocycles. The molecule has 0 spiro atoms. The molecule has 1 aliphatic rings. The highest BCUT2D eigenvalue weighted by Crippen LogP contribution is 2.29. The van der Waals surface area contributed by atoms with Gasteiger partial charge in [-0.25, -0.2) is 9.36 Å². The van der Waals surface area contributed by atoms with Crippen molar-refractivity contribution >= 4 is 22.8 Å². The van der Waals surface area contributed by atoms with Gasteiger partial charge in [0.1, 0.15) is 23.4 Å². The third-order valence-corrected chi connectivity index (χ3v) is 3.56. The molecule has 2 aromatic rings. The minimum atomic E-state index is -1.40. The first-order chi connectivity index (χ1) is 10.3. The van der Waals surface area contributed by atoms with Crippen LogP contribution >= 0.6 is 0 Å². The first-order valence-corrected chi connectivity index (χ1v) is 6.40. The SMILES string of the molecule is C[C@H]1O[C@@H](n2c(=O)nc(N)c3c(=O)[nH]c(N)nc32)[C@H](O)[C@@H]1O. The lowest BCUT2D eigenvalue weighted by Gasteiger charge is -2.19. The number of nitrogen functional groups attached to an aromatic ring is 2. The number of nitrogens with two attached hydrogens (primary N) is 2. The Morgan fingerprint density at radius 2 is 1.91 bits per heavy atom. The van der Waals surface area contributed by atoms with Crippen LogP contribution in [0.15, 0.2) is 9.59 Å². The maximum absolute atomic E-state index is 12.1. The molecule has 3 rings (SSSR count). The number of aromatic nitrogens is 4. The van der Waals surface area contributed by atoms with Crippen LogP contribution < -0.4 is 22.7 Å². The fourth-order valence-electron chi connectivity index (χ4n) is 2.46. The van der Waals surface area contributed by atoms with Crippen molar-refractivity contribution in [3.05, 3.63) is 20.8 Å². The van der Waals surface area contributed by atoms with E-state index in [0.717, 1.165) is 4.57 Å². The van der Waals surface area contributed by atoms with Crippen molar-refractivity contribution < 1.29 is 14.9 Å². The number of hydrogen-bond donors (Lipinski definition) is 5. The molecule has 0 saturated carbocycles. The Labute approximate surface area is 122 Å². The molecule has 0 bridgehead atoms. The largest absolute Gasteiger partial charge is 0.388 e. The van der Waals surface area contributed by atoms with Crippen LogP contribution in [-0.2, 0) is 4.74 Å². The van der Waals surface area contributed by atoms with Crippen LogP contribution in [0.1, 0.15) is 13.2 Å². The van der Waals surface area contributed by atoms with Crippen molar-refractivity contribution in [2.45, 2.75) is 31.5 Å². The zero-order valence-electron chi connectivity index (χ0n) is 11.4. The highest BCUT2D eigenvalue weighted by Gasteiger charge is 2.42. The Balaban J connectivity index is 2.35. The summed E-state index contributed by atoms with van der Waals surface area (Å²) in [4.78, 5) is 33.7. The number of H-pyrrole nitrogens is 1. The van der Waals surface area contributed by atoms with E-state index in [1.165, 1.54) is 6.92 Å². The highest BCUT2D eigenvalue weighted by atomic mass is 16.6. The van der Waals surface area contributed by atoms with Crippen LogP contribution in [0.3, 0.4) is 0 Å². The number of rotatable bonds is 1. The molecule has 0 amide bonds. The topological polar surface area (TPSA) is 182 Å². The van der Waals surface area contributed by atoms with Crippen molar-refractivity contribution in [3.8, 4) is 0 Å². The van der Waals surface area contributed by atoms with Gasteiger partial charge in [-0.05, 0) is 6.92 Å². The van der Waals surface area contributed by atoms with Crippen LogP contribution in [-0.4, -0.2) is 48.0 Å². The van der Waals surface area contributed by atoms with E-state index in [0.29, 0.717) is 0 Å². The normalized spacial score (nSPS) is 28.3. The Hall–Kier alpha value is -2.50. The molecule has 1 fully saturated rings. The van der Waals surface area contributed by atoms with Gasteiger partial charge in [0.05, 0.1) is 6.10 Å². The van der Waals surface area contributed by atoms with E-state index in [2.05, 4.69) is 15.0 Å². The van der Waals surface area contributed by atoms with Crippen LogP contribution in [0.2, 0.25) is 0 Å². The van der Waals surface area contributed by atoms with Gasteiger partial charge < -0.3 is 26.4 Å². The van der Waals surface area contributed by atoms with E-state index < -0.39 is 35.8 Å². The number of hydrogen-bond acceptors (Lipinski definition) is 9. The van der Waals surface area contributed by atoms with Crippen molar-refractivity contribution in [2.24, 2.45) is 0 Å². The summed E-state index contributed by atoms with van der Waals surface area (Å²) in [5.41, 5.74) is 9.34. The number of fused-ring (bicyclic) bond motifs is 1. The number of anilines is 2. The van der Waals surface area contributed by atoms with Gasteiger partial charge in [0.25, 0.3) is 5.56 Å². The van der Waals surface area contributed by atoms with Crippen molar-refractivity contribution in [3.63, 3.8) is 0 Å². The first-order valence-electron chi connectivity index (χ1n) is 6.40. The number of nitrogens with one attached hydrogen (secondary N) is 1. The van der Waals surface area contributed by atoms with Crippen molar-refractivity contribution in [1.29, 1.82) is 0 Å². The van der Waals surface area contributed by atoms with E-state index in [-0.39, 0.29) is 22.8 Å². The molecule has 11 nitrogen and oxygen atoms in total. The number of aromatic amines is 1. The lowest BCUT2D eigenvalue weighted by molar-refractivity contribution is -0.0324. The van der Waals surface area contributed by atoms with Gasteiger partial charge in [0, 0.05) is 0 Å². The van der Waals surface area contributed by atoms with Gasteiger partial charge >= 0.3 is 5.69 Å². The maximum atomic E-state index is 12.1. The lowest BCUT2D eigenvalue weighted by atomic mass is 10.1. The Morgan fingerprint density at radius 3 is 2.50 bits per heavy atom. The molecular formula is C11H14N6O5. The molecule has 0 radical (unpaired) electrons. The minimum absolute atomic E-state index is 0.154. The standard InChI is InChI=1S/C11H14N6O5/c1-2-4(18)5(19)9(22-2)17-7-3(6(12)14-11(17)21)8(20)16-10(13)15-7/h2,4-5,9,18-19H,1H3,(H2,12,14,21)(H3,13,15,16,20)/t2-,4-,5-,9-/m1/s1. The van der Waals surface area contributed by atoms with Gasteiger partial charge in [0.15, 0.2) is 11.9 Å². The molecule has 22 heavy (non-hydrogen) atoms. The maximum Gasteiger partial charge on any atom is 0.353 e. The highest BCUT2D eigenvalue weighted by molar-refractivity contribution is 5.85. The van der Waals surface area contributed by atoms with Gasteiger partial charge in [-0.2, -0.15) is 9.97 Å². The predicted octanol–water partition coefficient (Wildman–Crippen LogP) is -2.72. The van der Waals surface area contributed by atoms with E-state index in [1.54, 1.807) is 0 Å². The zero-order valence-corrected chi connectivity index (χ0v) is 11.4. The average Bonchev–Trinajstić information content (AvgIpc) is 2.65. The van der Waals surface area contributed by atoms with Crippen molar-refractivity contribution in [2.75, 3.05) is 11.5 Å². The second kappa shape index (κ2) is 4.76.